The number of para-hydroxylation sites is 1. The lowest BCUT2D eigenvalue weighted by molar-refractivity contribution is -0.118. The highest BCUT2D eigenvalue weighted by molar-refractivity contribution is 7.99. The Balaban J connectivity index is 1.27. The maximum atomic E-state index is 12.7. The lowest BCUT2D eigenvalue weighted by Crippen LogP contribution is -2.20. The van der Waals surface area contributed by atoms with E-state index >= 15 is 0 Å². The van der Waals surface area contributed by atoms with Gasteiger partial charge in [-0.2, -0.15) is 5.10 Å². The molecule has 0 saturated heterocycles. The average Bonchev–Trinajstić information content (AvgIpc) is 3.41. The number of amides is 1. The summed E-state index contributed by atoms with van der Waals surface area (Å²) in [6, 6.07) is 33.7. The summed E-state index contributed by atoms with van der Waals surface area (Å²) in [5.74, 6) is 2.04. The summed E-state index contributed by atoms with van der Waals surface area (Å²) >= 11 is 1.31. The third-order valence-electron chi connectivity index (χ3n) is 6.51. The fourth-order valence-corrected chi connectivity index (χ4v) is 4.96. The van der Waals surface area contributed by atoms with Crippen LogP contribution in [0.1, 0.15) is 37.5 Å². The highest BCUT2D eigenvalue weighted by Gasteiger charge is 2.19. The predicted molar refractivity (Wildman–Crippen MR) is 170 cm³/mol. The fourth-order valence-electron chi connectivity index (χ4n) is 4.22. The number of ether oxygens (including phenoxy) is 1. The van der Waals surface area contributed by atoms with Crippen LogP contribution in [0.2, 0.25) is 0 Å². The van der Waals surface area contributed by atoms with E-state index in [1.54, 1.807) is 6.21 Å². The highest BCUT2D eigenvalue weighted by Crippen LogP contribution is 2.30. The van der Waals surface area contributed by atoms with Gasteiger partial charge in [0.1, 0.15) is 11.5 Å². The minimum absolute atomic E-state index is 0.0543. The number of hydrogen-bond acceptors (Lipinski definition) is 6. The molecule has 4 aromatic carbocycles. The number of benzene rings is 4. The first-order chi connectivity index (χ1) is 20.3. The minimum atomic E-state index is -0.248. The Labute approximate surface area is 250 Å². The molecular weight excluding hydrogens is 542 g/mol. The Bertz CT molecular complexity index is 1670. The van der Waals surface area contributed by atoms with E-state index < -0.39 is 0 Å². The van der Waals surface area contributed by atoms with Crippen LogP contribution in [-0.2, 0) is 10.2 Å². The number of aromatic nitrogens is 3. The lowest BCUT2D eigenvalue weighted by Gasteiger charge is -2.19. The minimum Gasteiger partial charge on any atom is -0.457 e. The maximum absolute atomic E-state index is 12.7. The molecule has 212 valence electrons. The van der Waals surface area contributed by atoms with Crippen LogP contribution in [0.5, 0.6) is 11.5 Å². The van der Waals surface area contributed by atoms with E-state index in [0.717, 1.165) is 34.0 Å². The Kier molecular flexibility index (Phi) is 8.83. The van der Waals surface area contributed by atoms with Gasteiger partial charge in [0.05, 0.1) is 12.0 Å². The number of hydrogen-bond donors (Lipinski definition) is 1. The number of carbonyl (C=O) groups is 1. The Hall–Kier alpha value is -4.69. The summed E-state index contributed by atoms with van der Waals surface area (Å²) in [7, 11) is 0. The zero-order valence-corrected chi connectivity index (χ0v) is 24.9. The van der Waals surface area contributed by atoms with Gasteiger partial charge in [-0.3, -0.25) is 9.36 Å². The molecule has 0 saturated carbocycles. The van der Waals surface area contributed by atoms with Crippen LogP contribution in [0.15, 0.2) is 113 Å². The quantitative estimate of drug-likeness (QED) is 0.111. The van der Waals surface area contributed by atoms with E-state index in [2.05, 4.69) is 84.8 Å². The second-order valence-electron chi connectivity index (χ2n) is 10.9. The second-order valence-corrected chi connectivity index (χ2v) is 11.8. The smallest absolute Gasteiger partial charge is 0.250 e. The lowest BCUT2D eigenvalue weighted by atomic mass is 9.87. The maximum Gasteiger partial charge on any atom is 0.250 e. The molecule has 1 N–H and O–H groups in total. The van der Waals surface area contributed by atoms with Crippen molar-refractivity contribution in [1.82, 2.24) is 20.2 Å². The summed E-state index contributed by atoms with van der Waals surface area (Å²) in [5, 5.41) is 13.7. The summed E-state index contributed by atoms with van der Waals surface area (Å²) in [5.41, 5.74) is 7.75. The molecule has 0 atom stereocenters. The summed E-state index contributed by atoms with van der Waals surface area (Å²) in [4.78, 5) is 12.7. The Morgan fingerprint density at radius 2 is 1.62 bits per heavy atom. The fraction of sp³-hybridized carbons (Fsp3) is 0.176. The van der Waals surface area contributed by atoms with Gasteiger partial charge in [-0.25, -0.2) is 5.43 Å². The van der Waals surface area contributed by atoms with Crippen molar-refractivity contribution in [3.05, 3.63) is 120 Å². The van der Waals surface area contributed by atoms with Gasteiger partial charge in [0.2, 0.25) is 0 Å². The van der Waals surface area contributed by atoms with E-state index in [1.807, 2.05) is 71.3 Å². The van der Waals surface area contributed by atoms with Gasteiger partial charge in [0, 0.05) is 11.3 Å². The van der Waals surface area contributed by atoms with Gasteiger partial charge in [-0.05, 0) is 59.9 Å². The first-order valence-corrected chi connectivity index (χ1v) is 14.7. The van der Waals surface area contributed by atoms with Crippen LogP contribution in [0.4, 0.5) is 0 Å². The monoisotopic (exact) mass is 575 g/mol. The Morgan fingerprint density at radius 1 is 0.905 bits per heavy atom. The highest BCUT2D eigenvalue weighted by atomic mass is 32.2. The number of nitrogens with zero attached hydrogens (tertiary/aromatic N) is 4. The summed E-state index contributed by atoms with van der Waals surface area (Å²) < 4.78 is 7.87. The van der Waals surface area contributed by atoms with Gasteiger partial charge < -0.3 is 4.74 Å². The van der Waals surface area contributed by atoms with Crippen LogP contribution in [0.3, 0.4) is 0 Å². The van der Waals surface area contributed by atoms with E-state index in [9.17, 15) is 4.79 Å². The third-order valence-corrected chi connectivity index (χ3v) is 7.44. The van der Waals surface area contributed by atoms with Gasteiger partial charge in [-0.15, -0.1) is 10.2 Å². The zero-order chi connectivity index (χ0) is 29.5. The molecule has 0 aliphatic heterocycles. The molecule has 42 heavy (non-hydrogen) atoms. The molecule has 7 nitrogen and oxygen atoms in total. The van der Waals surface area contributed by atoms with E-state index in [1.165, 1.54) is 17.3 Å². The van der Waals surface area contributed by atoms with Gasteiger partial charge >= 0.3 is 0 Å². The third kappa shape index (κ3) is 7.33. The van der Waals surface area contributed by atoms with Crippen molar-refractivity contribution in [2.45, 2.75) is 38.3 Å². The van der Waals surface area contributed by atoms with Crippen LogP contribution >= 0.6 is 11.8 Å². The molecule has 0 fully saturated rings. The molecular formula is C34H33N5O2S. The molecule has 1 amide bonds. The van der Waals surface area contributed by atoms with Crippen LogP contribution in [0, 0.1) is 6.92 Å². The van der Waals surface area contributed by atoms with Gasteiger partial charge in [-0.1, -0.05) is 105 Å². The predicted octanol–water partition coefficient (Wildman–Crippen LogP) is 7.57. The molecule has 0 spiro atoms. The normalized spacial score (nSPS) is 11.5. The molecule has 5 rings (SSSR count). The van der Waals surface area contributed by atoms with Crippen molar-refractivity contribution < 1.29 is 9.53 Å². The van der Waals surface area contributed by atoms with Crippen molar-refractivity contribution in [2.75, 3.05) is 5.75 Å². The number of carbonyl (C=O) groups excluding carboxylic acids is 1. The number of hydrazone groups is 1. The van der Waals surface area contributed by atoms with Gasteiger partial charge in [0.15, 0.2) is 11.0 Å². The van der Waals surface area contributed by atoms with Crippen LogP contribution in [0.25, 0.3) is 17.1 Å². The van der Waals surface area contributed by atoms with Crippen LogP contribution in [-0.4, -0.2) is 32.6 Å². The molecule has 1 aromatic heterocycles. The van der Waals surface area contributed by atoms with Crippen molar-refractivity contribution >= 4 is 23.9 Å². The number of nitrogens with one attached hydrogen (secondary N) is 1. The van der Waals surface area contributed by atoms with Crippen molar-refractivity contribution in [3.8, 4) is 28.6 Å². The van der Waals surface area contributed by atoms with E-state index in [-0.39, 0.29) is 17.1 Å². The van der Waals surface area contributed by atoms with Crippen molar-refractivity contribution in [2.24, 2.45) is 5.10 Å². The average molecular weight is 576 g/mol. The first kappa shape index (κ1) is 28.8. The molecule has 5 aromatic rings. The second kappa shape index (κ2) is 12.9. The van der Waals surface area contributed by atoms with Crippen LogP contribution < -0.4 is 10.2 Å². The molecule has 0 aliphatic rings. The summed E-state index contributed by atoms with van der Waals surface area (Å²) in [6.07, 6.45) is 1.59. The molecule has 0 unspecified atom stereocenters. The first-order valence-electron chi connectivity index (χ1n) is 13.7. The molecule has 8 heteroatoms. The molecule has 1 heterocycles. The van der Waals surface area contributed by atoms with Gasteiger partial charge in [0.25, 0.3) is 5.91 Å². The Morgan fingerprint density at radius 3 is 2.33 bits per heavy atom. The summed E-state index contributed by atoms with van der Waals surface area (Å²) in [6.45, 7) is 8.63. The molecule has 0 aliphatic carbocycles. The zero-order valence-electron chi connectivity index (χ0n) is 24.1. The van der Waals surface area contributed by atoms with Crippen molar-refractivity contribution in [1.29, 1.82) is 0 Å². The number of rotatable bonds is 9. The number of thioether (sulfide) groups is 1. The van der Waals surface area contributed by atoms with E-state index in [0.29, 0.717) is 10.9 Å². The standard InChI is InChI=1S/C34H33N5O2S/c1-24-13-19-28(20-14-24)39-32(26-15-17-27(18-16-26)34(2,3)4)37-38-33(39)42-23-31(40)36-35-22-25-9-8-12-30(21-25)41-29-10-6-5-7-11-29/h5-22H,23H2,1-4H3,(H,36,40). The topological polar surface area (TPSA) is 81.4 Å². The largest absolute Gasteiger partial charge is 0.457 e. The van der Waals surface area contributed by atoms with E-state index in [4.69, 9.17) is 4.74 Å². The molecule has 0 radical (unpaired) electrons. The molecule has 0 bridgehead atoms. The SMILES string of the molecule is Cc1ccc(-n2c(SCC(=O)NN=Cc3cccc(Oc4ccccc4)c3)nnc2-c2ccc(C(C)(C)C)cc2)cc1. The van der Waals surface area contributed by atoms with Crippen molar-refractivity contribution in [3.63, 3.8) is 0 Å². The number of aryl methyl sites for hydroxylation is 1.